The number of anilines is 1. The minimum atomic E-state index is -0.776. The van der Waals surface area contributed by atoms with E-state index in [1.807, 2.05) is 20.8 Å². The van der Waals surface area contributed by atoms with Crippen LogP contribution in [0.3, 0.4) is 0 Å². The molecule has 21 heavy (non-hydrogen) atoms. The Morgan fingerprint density at radius 2 is 2.00 bits per heavy atom. The van der Waals surface area contributed by atoms with E-state index in [1.54, 1.807) is 18.2 Å². The lowest BCUT2D eigenvalue weighted by Gasteiger charge is -2.19. The van der Waals surface area contributed by atoms with Gasteiger partial charge < -0.3 is 15.8 Å². The summed E-state index contributed by atoms with van der Waals surface area (Å²) in [6.07, 6.45) is 1.36. The first-order valence-electron chi connectivity index (χ1n) is 6.32. The van der Waals surface area contributed by atoms with E-state index in [-0.39, 0.29) is 5.91 Å². The molecule has 0 heterocycles. The molecule has 1 aromatic rings. The van der Waals surface area contributed by atoms with Gasteiger partial charge in [-0.25, -0.2) is 10.2 Å². The van der Waals surface area contributed by atoms with Gasteiger partial charge in [-0.05, 0) is 12.1 Å². The number of hydrazone groups is 1. The van der Waals surface area contributed by atoms with Crippen molar-refractivity contribution in [2.24, 2.45) is 16.3 Å². The summed E-state index contributed by atoms with van der Waals surface area (Å²) in [6, 6.07) is 4.41. The average molecular weight is 292 g/mol. The molecule has 0 aliphatic carbocycles. The third kappa shape index (κ3) is 4.79. The zero-order valence-corrected chi connectivity index (χ0v) is 12.6. The molecule has 0 aromatic heterocycles. The molecular weight excluding hydrogens is 272 g/mol. The van der Waals surface area contributed by atoms with Crippen molar-refractivity contribution in [3.05, 3.63) is 23.8 Å². The number of methoxy groups -OCH3 is 1. The Morgan fingerprint density at radius 3 is 2.52 bits per heavy atom. The minimum absolute atomic E-state index is 0.145. The Kier molecular flexibility index (Phi) is 5.29. The number of nitrogens with one attached hydrogen (secondary N) is 2. The number of primary amides is 1. The third-order valence-electron chi connectivity index (χ3n) is 2.58. The first-order chi connectivity index (χ1) is 9.75. The minimum Gasteiger partial charge on any atom is -0.496 e. The molecule has 3 amide bonds. The molecular formula is C14H20N4O3. The molecule has 114 valence electrons. The summed E-state index contributed by atoms with van der Waals surface area (Å²) < 4.78 is 5.22. The maximum Gasteiger partial charge on any atom is 0.332 e. The Morgan fingerprint density at radius 1 is 1.33 bits per heavy atom. The SMILES string of the molecule is COc1cccc(NC(=O)C(C)(C)C)c1C=NNC(N)=O. The van der Waals surface area contributed by atoms with Gasteiger partial charge in [0.05, 0.1) is 24.6 Å². The average Bonchev–Trinajstić information content (AvgIpc) is 2.38. The molecule has 0 saturated carbocycles. The van der Waals surface area contributed by atoms with Crippen LogP contribution >= 0.6 is 0 Å². The van der Waals surface area contributed by atoms with E-state index in [0.29, 0.717) is 17.0 Å². The van der Waals surface area contributed by atoms with Gasteiger partial charge in [-0.1, -0.05) is 26.8 Å². The number of hydrogen-bond donors (Lipinski definition) is 3. The van der Waals surface area contributed by atoms with Gasteiger partial charge in [0.25, 0.3) is 0 Å². The topological polar surface area (TPSA) is 106 Å². The maximum atomic E-state index is 12.1. The Balaban J connectivity index is 3.11. The molecule has 0 unspecified atom stereocenters. The number of urea groups is 1. The number of nitrogens with two attached hydrogens (primary N) is 1. The molecule has 0 bridgehead atoms. The maximum absolute atomic E-state index is 12.1. The molecule has 0 radical (unpaired) electrons. The Bertz CT molecular complexity index is 562. The smallest absolute Gasteiger partial charge is 0.332 e. The highest BCUT2D eigenvalue weighted by Gasteiger charge is 2.22. The van der Waals surface area contributed by atoms with Crippen molar-refractivity contribution < 1.29 is 14.3 Å². The zero-order valence-electron chi connectivity index (χ0n) is 12.6. The molecule has 0 fully saturated rings. The third-order valence-corrected chi connectivity index (χ3v) is 2.58. The number of carbonyl (C=O) groups is 2. The van der Waals surface area contributed by atoms with Gasteiger partial charge in [-0.15, -0.1) is 0 Å². The van der Waals surface area contributed by atoms with Crippen molar-refractivity contribution >= 4 is 23.8 Å². The highest BCUT2D eigenvalue weighted by atomic mass is 16.5. The lowest BCUT2D eigenvalue weighted by Crippen LogP contribution is -2.28. The highest BCUT2D eigenvalue weighted by Crippen LogP contribution is 2.26. The second-order valence-electron chi connectivity index (χ2n) is 5.36. The summed E-state index contributed by atoms with van der Waals surface area (Å²) in [5.41, 5.74) is 7.56. The normalized spacial score (nSPS) is 11.2. The van der Waals surface area contributed by atoms with Crippen molar-refractivity contribution in [3.8, 4) is 5.75 Å². The predicted octanol–water partition coefficient (Wildman–Crippen LogP) is 1.68. The largest absolute Gasteiger partial charge is 0.496 e. The summed E-state index contributed by atoms with van der Waals surface area (Å²) in [4.78, 5) is 22.7. The van der Waals surface area contributed by atoms with E-state index >= 15 is 0 Å². The van der Waals surface area contributed by atoms with Crippen LogP contribution in [-0.2, 0) is 4.79 Å². The predicted molar refractivity (Wildman–Crippen MR) is 81.4 cm³/mol. The van der Waals surface area contributed by atoms with Crippen LogP contribution < -0.4 is 21.2 Å². The van der Waals surface area contributed by atoms with Crippen molar-refractivity contribution in [3.63, 3.8) is 0 Å². The van der Waals surface area contributed by atoms with Crippen molar-refractivity contribution in [2.45, 2.75) is 20.8 Å². The van der Waals surface area contributed by atoms with Crippen molar-refractivity contribution in [2.75, 3.05) is 12.4 Å². The quantitative estimate of drug-likeness (QED) is 0.580. The molecule has 4 N–H and O–H groups in total. The van der Waals surface area contributed by atoms with Crippen LogP contribution in [0.4, 0.5) is 10.5 Å². The molecule has 0 saturated heterocycles. The molecule has 1 rings (SSSR count). The van der Waals surface area contributed by atoms with Crippen LogP contribution in [0.15, 0.2) is 23.3 Å². The first-order valence-corrected chi connectivity index (χ1v) is 6.32. The standard InChI is InChI=1S/C14H20N4O3/c1-14(2,3)12(19)17-10-6-5-7-11(21-4)9(10)8-16-18-13(15)20/h5-8H,1-4H3,(H,17,19)(H3,15,18,20). The fourth-order valence-corrected chi connectivity index (χ4v) is 1.43. The van der Waals surface area contributed by atoms with E-state index in [1.165, 1.54) is 13.3 Å². The molecule has 7 nitrogen and oxygen atoms in total. The number of ether oxygens (including phenoxy) is 1. The van der Waals surface area contributed by atoms with Gasteiger partial charge in [0.1, 0.15) is 5.75 Å². The number of benzene rings is 1. The van der Waals surface area contributed by atoms with Gasteiger partial charge in [0.2, 0.25) is 5.91 Å². The first kappa shape index (κ1) is 16.5. The molecule has 1 aromatic carbocycles. The van der Waals surface area contributed by atoms with Gasteiger partial charge in [0, 0.05) is 5.41 Å². The number of amides is 3. The second-order valence-corrected chi connectivity index (χ2v) is 5.36. The zero-order chi connectivity index (χ0) is 16.0. The van der Waals surface area contributed by atoms with Gasteiger partial charge in [0.15, 0.2) is 0 Å². The van der Waals surface area contributed by atoms with Crippen LogP contribution in [0.25, 0.3) is 0 Å². The van der Waals surface area contributed by atoms with Crippen LogP contribution in [0.2, 0.25) is 0 Å². The van der Waals surface area contributed by atoms with Crippen LogP contribution in [-0.4, -0.2) is 25.3 Å². The molecule has 0 aliphatic rings. The van der Waals surface area contributed by atoms with E-state index in [4.69, 9.17) is 10.5 Å². The summed E-state index contributed by atoms with van der Waals surface area (Å²) >= 11 is 0. The molecule has 0 atom stereocenters. The number of carbonyl (C=O) groups excluding carboxylic acids is 2. The number of nitrogens with zero attached hydrogens (tertiary/aromatic N) is 1. The Labute approximate surface area is 123 Å². The van der Waals surface area contributed by atoms with Crippen LogP contribution in [0, 0.1) is 5.41 Å². The summed E-state index contributed by atoms with van der Waals surface area (Å²) in [6.45, 7) is 5.43. The summed E-state index contributed by atoms with van der Waals surface area (Å²) in [7, 11) is 1.50. The van der Waals surface area contributed by atoms with Crippen LogP contribution in [0.1, 0.15) is 26.3 Å². The molecule has 0 spiro atoms. The van der Waals surface area contributed by atoms with E-state index in [0.717, 1.165) is 0 Å². The second kappa shape index (κ2) is 6.74. The van der Waals surface area contributed by atoms with Gasteiger partial charge >= 0.3 is 6.03 Å². The lowest BCUT2D eigenvalue weighted by molar-refractivity contribution is -0.123. The molecule has 0 aliphatic heterocycles. The fraction of sp³-hybridized carbons (Fsp3) is 0.357. The van der Waals surface area contributed by atoms with E-state index in [2.05, 4.69) is 15.8 Å². The fourth-order valence-electron chi connectivity index (χ4n) is 1.43. The number of hydrogen-bond acceptors (Lipinski definition) is 4. The van der Waals surface area contributed by atoms with E-state index in [9.17, 15) is 9.59 Å². The van der Waals surface area contributed by atoms with Gasteiger partial charge in [-0.3, -0.25) is 4.79 Å². The van der Waals surface area contributed by atoms with E-state index < -0.39 is 11.4 Å². The summed E-state index contributed by atoms with van der Waals surface area (Å²) in [5.74, 6) is 0.366. The summed E-state index contributed by atoms with van der Waals surface area (Å²) in [5, 5.41) is 6.51. The van der Waals surface area contributed by atoms with Gasteiger partial charge in [-0.2, -0.15) is 5.10 Å². The molecule has 7 heteroatoms. The highest BCUT2D eigenvalue weighted by molar-refractivity contribution is 6.01. The monoisotopic (exact) mass is 292 g/mol. The number of rotatable bonds is 4. The Hall–Kier alpha value is -2.57. The van der Waals surface area contributed by atoms with Crippen molar-refractivity contribution in [1.82, 2.24) is 5.43 Å². The van der Waals surface area contributed by atoms with Crippen molar-refractivity contribution in [1.29, 1.82) is 0 Å². The van der Waals surface area contributed by atoms with Crippen LogP contribution in [0.5, 0.6) is 5.75 Å². The lowest BCUT2D eigenvalue weighted by atomic mass is 9.95.